The Morgan fingerprint density at radius 1 is 1.04 bits per heavy atom. The summed E-state index contributed by atoms with van der Waals surface area (Å²) in [7, 11) is 0. The van der Waals surface area contributed by atoms with E-state index in [2.05, 4.69) is 21.2 Å². The number of fused-ring (bicyclic) bond motifs is 1. The largest absolute Gasteiger partial charge is 0.370 e. The smallest absolute Gasteiger partial charge is 0.133 e. The molecule has 3 aromatic rings. The lowest BCUT2D eigenvalue weighted by molar-refractivity contribution is 0.630. The van der Waals surface area contributed by atoms with Gasteiger partial charge in [-0.15, -0.1) is 0 Å². The highest BCUT2D eigenvalue weighted by Gasteiger charge is 2.23. The molecule has 2 heterocycles. The number of anilines is 1. The second kappa shape index (κ2) is 6.40. The molecule has 0 bridgehead atoms. The fourth-order valence-electron chi connectivity index (χ4n) is 3.17. The van der Waals surface area contributed by atoms with Crippen LogP contribution in [-0.4, -0.2) is 16.3 Å². The summed E-state index contributed by atoms with van der Waals surface area (Å²) >= 11 is 3.60. The number of para-hydroxylation sites is 1. The summed E-state index contributed by atoms with van der Waals surface area (Å²) in [6, 6.07) is 14.8. The van der Waals surface area contributed by atoms with Crippen molar-refractivity contribution in [3.8, 4) is 16.9 Å². The average Bonchev–Trinajstić information content (AvgIpc) is 2.78. The minimum atomic E-state index is -0.235. The van der Waals surface area contributed by atoms with Gasteiger partial charge < -0.3 is 5.32 Å². The molecule has 5 heteroatoms. The van der Waals surface area contributed by atoms with E-state index >= 15 is 0 Å². The Morgan fingerprint density at radius 2 is 1.83 bits per heavy atom. The standard InChI is InChI=1S/C19H17BrFN3/c20-15-9-2-4-11-17(15)24-19-14(8-5-6-12-22-19)18(23-24)13-7-1-3-10-16(13)21/h1-4,7,9-11,22H,5-6,8,12H2. The quantitative estimate of drug-likeness (QED) is 0.657. The lowest BCUT2D eigenvalue weighted by Crippen LogP contribution is -2.07. The molecule has 0 saturated carbocycles. The Morgan fingerprint density at radius 3 is 2.67 bits per heavy atom. The number of rotatable bonds is 2. The van der Waals surface area contributed by atoms with Crippen LogP contribution in [0.5, 0.6) is 0 Å². The van der Waals surface area contributed by atoms with Crippen LogP contribution in [0, 0.1) is 5.82 Å². The maximum absolute atomic E-state index is 14.4. The van der Waals surface area contributed by atoms with E-state index in [0.717, 1.165) is 53.0 Å². The summed E-state index contributed by atoms with van der Waals surface area (Å²) in [6.45, 7) is 0.903. The number of halogens is 2. The van der Waals surface area contributed by atoms with Gasteiger partial charge in [-0.3, -0.25) is 0 Å². The molecular weight excluding hydrogens is 369 g/mol. The maximum atomic E-state index is 14.4. The van der Waals surface area contributed by atoms with Crippen molar-refractivity contribution in [3.63, 3.8) is 0 Å². The molecule has 0 saturated heterocycles. The third-order valence-corrected chi connectivity index (χ3v) is 5.01. The van der Waals surface area contributed by atoms with Crippen molar-refractivity contribution in [2.75, 3.05) is 11.9 Å². The molecule has 0 radical (unpaired) electrons. The van der Waals surface area contributed by atoms with E-state index < -0.39 is 0 Å². The van der Waals surface area contributed by atoms with Crippen LogP contribution in [0.15, 0.2) is 53.0 Å². The highest BCUT2D eigenvalue weighted by Crippen LogP contribution is 2.36. The summed E-state index contributed by atoms with van der Waals surface area (Å²) in [6.07, 6.45) is 3.07. The van der Waals surface area contributed by atoms with Crippen molar-refractivity contribution in [2.45, 2.75) is 19.3 Å². The Bertz CT molecular complexity index is 818. The molecule has 122 valence electrons. The summed E-state index contributed by atoms with van der Waals surface area (Å²) < 4.78 is 17.2. The van der Waals surface area contributed by atoms with E-state index in [0.29, 0.717) is 5.56 Å². The third kappa shape index (κ3) is 2.63. The first kappa shape index (κ1) is 15.4. The van der Waals surface area contributed by atoms with Crippen molar-refractivity contribution in [1.82, 2.24) is 9.78 Å². The average molecular weight is 386 g/mol. The molecule has 1 aliphatic heterocycles. The molecule has 0 aliphatic carbocycles. The number of hydrogen-bond donors (Lipinski definition) is 1. The van der Waals surface area contributed by atoms with Gasteiger partial charge in [-0.05, 0) is 59.5 Å². The molecule has 0 atom stereocenters. The maximum Gasteiger partial charge on any atom is 0.133 e. The molecule has 0 fully saturated rings. The summed E-state index contributed by atoms with van der Waals surface area (Å²) in [5.74, 6) is 0.735. The minimum Gasteiger partial charge on any atom is -0.370 e. The highest BCUT2D eigenvalue weighted by atomic mass is 79.9. The van der Waals surface area contributed by atoms with Crippen LogP contribution in [0.25, 0.3) is 16.9 Å². The summed E-state index contributed by atoms with van der Waals surface area (Å²) in [4.78, 5) is 0. The zero-order valence-electron chi connectivity index (χ0n) is 13.1. The van der Waals surface area contributed by atoms with Crippen LogP contribution in [0.4, 0.5) is 10.2 Å². The predicted octanol–water partition coefficient (Wildman–Crippen LogP) is 5.19. The van der Waals surface area contributed by atoms with E-state index in [1.807, 2.05) is 35.0 Å². The molecule has 3 nitrogen and oxygen atoms in total. The highest BCUT2D eigenvalue weighted by molar-refractivity contribution is 9.10. The van der Waals surface area contributed by atoms with Crippen molar-refractivity contribution in [2.24, 2.45) is 0 Å². The van der Waals surface area contributed by atoms with E-state index in [-0.39, 0.29) is 5.82 Å². The normalized spacial score (nSPS) is 13.9. The van der Waals surface area contributed by atoms with Gasteiger partial charge in [0.2, 0.25) is 0 Å². The van der Waals surface area contributed by atoms with E-state index in [1.165, 1.54) is 6.07 Å². The van der Waals surface area contributed by atoms with Gasteiger partial charge in [-0.2, -0.15) is 5.10 Å². The second-order valence-corrected chi connectivity index (χ2v) is 6.76. The minimum absolute atomic E-state index is 0.235. The lowest BCUT2D eigenvalue weighted by Gasteiger charge is -2.10. The first-order chi connectivity index (χ1) is 11.8. The van der Waals surface area contributed by atoms with Gasteiger partial charge in [0.1, 0.15) is 17.3 Å². The summed E-state index contributed by atoms with van der Waals surface area (Å²) in [5, 5.41) is 8.27. The van der Waals surface area contributed by atoms with Crippen LogP contribution in [0.1, 0.15) is 18.4 Å². The van der Waals surface area contributed by atoms with Gasteiger partial charge in [-0.25, -0.2) is 9.07 Å². The van der Waals surface area contributed by atoms with Gasteiger partial charge in [0.05, 0.1) is 5.69 Å². The molecule has 1 N–H and O–H groups in total. The van der Waals surface area contributed by atoms with E-state index in [1.54, 1.807) is 12.1 Å². The zero-order chi connectivity index (χ0) is 16.5. The van der Waals surface area contributed by atoms with Gasteiger partial charge in [0.15, 0.2) is 0 Å². The fourth-order valence-corrected chi connectivity index (χ4v) is 3.62. The molecule has 4 rings (SSSR count). The molecule has 0 unspecified atom stereocenters. The number of nitrogens with zero attached hydrogens (tertiary/aromatic N) is 2. The monoisotopic (exact) mass is 385 g/mol. The summed E-state index contributed by atoms with van der Waals surface area (Å²) in [5.41, 5.74) is 3.33. The van der Waals surface area contributed by atoms with E-state index in [4.69, 9.17) is 5.10 Å². The molecule has 1 aliphatic rings. The Kier molecular flexibility index (Phi) is 4.10. The van der Waals surface area contributed by atoms with Gasteiger partial charge in [-0.1, -0.05) is 24.3 Å². The molecule has 2 aromatic carbocycles. The SMILES string of the molecule is Fc1ccccc1-c1nn(-c2ccccc2Br)c2c1CCCCN2. The zero-order valence-corrected chi connectivity index (χ0v) is 14.7. The fraction of sp³-hybridized carbons (Fsp3) is 0.211. The Labute approximate surface area is 148 Å². The van der Waals surface area contributed by atoms with Crippen LogP contribution in [0.3, 0.4) is 0 Å². The van der Waals surface area contributed by atoms with E-state index in [9.17, 15) is 4.39 Å². The van der Waals surface area contributed by atoms with Gasteiger partial charge >= 0.3 is 0 Å². The molecule has 0 amide bonds. The van der Waals surface area contributed by atoms with Crippen molar-refractivity contribution in [3.05, 3.63) is 64.4 Å². The van der Waals surface area contributed by atoms with Gasteiger partial charge in [0, 0.05) is 22.1 Å². The van der Waals surface area contributed by atoms with Crippen molar-refractivity contribution in [1.29, 1.82) is 0 Å². The first-order valence-electron chi connectivity index (χ1n) is 8.11. The second-order valence-electron chi connectivity index (χ2n) is 5.90. The molecule has 1 aromatic heterocycles. The first-order valence-corrected chi connectivity index (χ1v) is 8.90. The van der Waals surface area contributed by atoms with Crippen LogP contribution in [0.2, 0.25) is 0 Å². The lowest BCUT2D eigenvalue weighted by atomic mass is 10.0. The number of benzene rings is 2. The Balaban J connectivity index is 1.96. The topological polar surface area (TPSA) is 29.9 Å². The van der Waals surface area contributed by atoms with Crippen molar-refractivity contribution >= 4 is 21.7 Å². The van der Waals surface area contributed by atoms with Crippen molar-refractivity contribution < 1.29 is 4.39 Å². The number of nitrogens with one attached hydrogen (secondary N) is 1. The number of hydrogen-bond acceptors (Lipinski definition) is 2. The van der Waals surface area contributed by atoms with Crippen LogP contribution < -0.4 is 5.32 Å². The third-order valence-electron chi connectivity index (χ3n) is 4.34. The van der Waals surface area contributed by atoms with Crippen LogP contribution >= 0.6 is 15.9 Å². The molecular formula is C19H17BrFN3. The molecule has 24 heavy (non-hydrogen) atoms. The predicted molar refractivity (Wildman–Crippen MR) is 98.1 cm³/mol. The molecule has 0 spiro atoms. The Hall–Kier alpha value is -2.14. The number of aromatic nitrogens is 2. The van der Waals surface area contributed by atoms with Gasteiger partial charge in [0.25, 0.3) is 0 Å². The van der Waals surface area contributed by atoms with Crippen LogP contribution in [-0.2, 0) is 6.42 Å².